The highest BCUT2D eigenvalue weighted by atomic mass is 32.1. The van der Waals surface area contributed by atoms with Gasteiger partial charge in [0.15, 0.2) is 0 Å². The number of nitrogens with zero attached hydrogens (tertiary/aromatic N) is 1. The van der Waals surface area contributed by atoms with Crippen molar-refractivity contribution in [3.8, 4) is 0 Å². The van der Waals surface area contributed by atoms with Gasteiger partial charge in [-0.15, -0.1) is 12.6 Å². The molecule has 0 unspecified atom stereocenters. The SMILES string of the molecule is CC1=CCC=C(n2c3ccccc3c3cc(CCCOC(=O)CCCCc4ccc(C)c(S)c4)ccc32)C=C1. The molecule has 1 aliphatic rings. The Morgan fingerprint density at radius 3 is 2.49 bits per heavy atom. The van der Waals surface area contributed by atoms with E-state index in [2.05, 4.69) is 116 Å². The second-order valence-electron chi connectivity index (χ2n) is 10.5. The van der Waals surface area contributed by atoms with Gasteiger partial charge in [0.1, 0.15) is 0 Å². The minimum absolute atomic E-state index is 0.0956. The van der Waals surface area contributed by atoms with E-state index in [0.29, 0.717) is 13.0 Å². The molecule has 1 heterocycles. The zero-order valence-electron chi connectivity index (χ0n) is 23.0. The van der Waals surface area contributed by atoms with Gasteiger partial charge in [0, 0.05) is 27.8 Å². The summed E-state index contributed by atoms with van der Waals surface area (Å²) in [5.74, 6) is -0.0956. The molecule has 0 N–H and O–H groups in total. The number of thiol groups is 1. The molecule has 0 bridgehead atoms. The van der Waals surface area contributed by atoms with Gasteiger partial charge in [-0.1, -0.05) is 60.2 Å². The molecule has 39 heavy (non-hydrogen) atoms. The third-order valence-corrected chi connectivity index (χ3v) is 8.00. The van der Waals surface area contributed by atoms with Crippen molar-refractivity contribution in [1.82, 2.24) is 4.57 Å². The zero-order chi connectivity index (χ0) is 27.2. The van der Waals surface area contributed by atoms with Crippen LogP contribution < -0.4 is 0 Å². The van der Waals surface area contributed by atoms with Gasteiger partial charge in [-0.05, 0) is 99.4 Å². The van der Waals surface area contributed by atoms with Crippen LogP contribution in [-0.4, -0.2) is 17.1 Å². The van der Waals surface area contributed by atoms with Crippen molar-refractivity contribution >= 4 is 46.1 Å². The smallest absolute Gasteiger partial charge is 0.305 e. The molecule has 3 nitrogen and oxygen atoms in total. The van der Waals surface area contributed by atoms with Crippen LogP contribution in [0.4, 0.5) is 0 Å². The highest BCUT2D eigenvalue weighted by Gasteiger charge is 2.13. The summed E-state index contributed by atoms with van der Waals surface area (Å²) in [5, 5.41) is 2.53. The van der Waals surface area contributed by atoms with E-state index in [1.807, 2.05) is 0 Å². The lowest BCUT2D eigenvalue weighted by molar-refractivity contribution is -0.143. The van der Waals surface area contributed by atoms with Gasteiger partial charge >= 0.3 is 5.97 Å². The molecule has 1 aromatic heterocycles. The minimum Gasteiger partial charge on any atom is -0.466 e. The topological polar surface area (TPSA) is 31.2 Å². The maximum Gasteiger partial charge on any atom is 0.305 e. The Balaban J connectivity index is 1.15. The van der Waals surface area contributed by atoms with Crippen molar-refractivity contribution in [3.05, 3.63) is 107 Å². The lowest BCUT2D eigenvalue weighted by atomic mass is 10.1. The van der Waals surface area contributed by atoms with Crippen molar-refractivity contribution in [2.24, 2.45) is 0 Å². The molecule has 3 aromatic carbocycles. The maximum atomic E-state index is 12.2. The number of ether oxygens (including phenoxy) is 1. The molecule has 5 rings (SSSR count). The molecule has 4 heteroatoms. The predicted molar refractivity (Wildman–Crippen MR) is 166 cm³/mol. The number of esters is 1. The highest BCUT2D eigenvalue weighted by molar-refractivity contribution is 7.80. The normalized spacial score (nSPS) is 13.4. The van der Waals surface area contributed by atoms with Gasteiger partial charge < -0.3 is 9.30 Å². The molecule has 200 valence electrons. The zero-order valence-corrected chi connectivity index (χ0v) is 23.8. The summed E-state index contributed by atoms with van der Waals surface area (Å²) in [5.41, 5.74) is 8.68. The Bertz CT molecular complexity index is 1590. The van der Waals surface area contributed by atoms with Crippen LogP contribution in [0.2, 0.25) is 0 Å². The number of hydrogen-bond donors (Lipinski definition) is 1. The summed E-state index contributed by atoms with van der Waals surface area (Å²) >= 11 is 4.50. The van der Waals surface area contributed by atoms with E-state index in [0.717, 1.165) is 43.4 Å². The quantitative estimate of drug-likeness (QED) is 0.125. The number of para-hydroxylation sites is 1. The number of hydrogen-bond acceptors (Lipinski definition) is 3. The summed E-state index contributed by atoms with van der Waals surface area (Å²) in [7, 11) is 0. The number of unbranched alkanes of at least 4 members (excludes halogenated alkanes) is 1. The Kier molecular flexibility index (Phi) is 8.73. The van der Waals surface area contributed by atoms with Gasteiger partial charge in [-0.25, -0.2) is 0 Å². The van der Waals surface area contributed by atoms with E-state index in [1.165, 1.54) is 49.8 Å². The second-order valence-corrected chi connectivity index (χ2v) is 11.0. The standard InChI is InChI=1S/C35H37NO2S/c1-25-9-7-12-29(20-16-25)36-32-14-5-4-13-30(32)31-23-27(19-21-33(31)36)11-8-22-38-35(37)15-6-3-10-28-18-17-26(2)34(39)24-28/h4-5,9,12-14,16-21,23-24,39H,3,6-8,10-11,15,22H2,1-2H3. The number of benzene rings is 3. The van der Waals surface area contributed by atoms with Crippen LogP contribution >= 0.6 is 12.6 Å². The average molecular weight is 536 g/mol. The largest absolute Gasteiger partial charge is 0.466 e. The molecule has 0 amide bonds. The van der Waals surface area contributed by atoms with Crippen LogP contribution in [0.15, 0.2) is 95.4 Å². The molecular formula is C35H37NO2S. The minimum atomic E-state index is -0.0956. The monoisotopic (exact) mass is 535 g/mol. The Hall–Kier alpha value is -3.50. The van der Waals surface area contributed by atoms with Crippen molar-refractivity contribution in [3.63, 3.8) is 0 Å². The van der Waals surface area contributed by atoms with E-state index >= 15 is 0 Å². The first kappa shape index (κ1) is 27.1. The van der Waals surface area contributed by atoms with Crippen molar-refractivity contribution < 1.29 is 9.53 Å². The summed E-state index contributed by atoms with van der Waals surface area (Å²) in [6.45, 7) is 4.67. The number of aryl methyl sites for hydroxylation is 3. The van der Waals surface area contributed by atoms with Gasteiger partial charge in [-0.3, -0.25) is 4.79 Å². The van der Waals surface area contributed by atoms with Gasteiger partial charge in [0.05, 0.1) is 17.6 Å². The fraction of sp³-hybridized carbons (Fsp3) is 0.286. The van der Waals surface area contributed by atoms with Gasteiger partial charge in [0.25, 0.3) is 0 Å². The molecule has 0 aliphatic heterocycles. The van der Waals surface area contributed by atoms with Crippen molar-refractivity contribution in [2.45, 2.75) is 63.7 Å². The number of rotatable bonds is 10. The Labute approximate surface area is 237 Å². The van der Waals surface area contributed by atoms with Crippen LogP contribution in [0.3, 0.4) is 0 Å². The van der Waals surface area contributed by atoms with E-state index in [4.69, 9.17) is 4.74 Å². The molecule has 0 saturated heterocycles. The first-order chi connectivity index (χ1) is 19.0. The van der Waals surface area contributed by atoms with Gasteiger partial charge in [-0.2, -0.15) is 0 Å². The number of carbonyl (C=O) groups excluding carboxylic acids is 1. The van der Waals surface area contributed by atoms with E-state index < -0.39 is 0 Å². The van der Waals surface area contributed by atoms with E-state index in [-0.39, 0.29) is 5.97 Å². The highest BCUT2D eigenvalue weighted by Crippen LogP contribution is 2.33. The summed E-state index contributed by atoms with van der Waals surface area (Å²) in [6.07, 6.45) is 14.9. The first-order valence-electron chi connectivity index (χ1n) is 14.0. The summed E-state index contributed by atoms with van der Waals surface area (Å²) < 4.78 is 7.91. The van der Waals surface area contributed by atoms with Crippen molar-refractivity contribution in [1.29, 1.82) is 0 Å². The Morgan fingerprint density at radius 2 is 1.62 bits per heavy atom. The van der Waals surface area contributed by atoms with Crippen LogP contribution in [0, 0.1) is 6.92 Å². The molecular weight excluding hydrogens is 498 g/mol. The molecule has 0 atom stereocenters. The van der Waals surface area contributed by atoms with Gasteiger partial charge in [0.2, 0.25) is 0 Å². The maximum absolute atomic E-state index is 12.2. The van der Waals surface area contributed by atoms with Crippen LogP contribution in [-0.2, 0) is 22.4 Å². The number of allylic oxidation sites excluding steroid dienone is 6. The first-order valence-corrected chi connectivity index (χ1v) is 14.5. The third-order valence-electron chi connectivity index (χ3n) is 7.52. The fourth-order valence-corrected chi connectivity index (χ4v) is 5.52. The molecule has 0 saturated carbocycles. The second kappa shape index (κ2) is 12.6. The summed E-state index contributed by atoms with van der Waals surface area (Å²) in [6, 6.07) is 21.8. The van der Waals surface area contributed by atoms with Crippen LogP contribution in [0.1, 0.15) is 55.7 Å². The lowest BCUT2D eigenvalue weighted by Crippen LogP contribution is -2.06. The Morgan fingerprint density at radius 1 is 0.846 bits per heavy atom. The molecule has 0 fully saturated rings. The third kappa shape index (κ3) is 6.57. The van der Waals surface area contributed by atoms with Crippen LogP contribution in [0.25, 0.3) is 27.5 Å². The van der Waals surface area contributed by atoms with E-state index in [9.17, 15) is 4.79 Å². The predicted octanol–water partition coefficient (Wildman–Crippen LogP) is 9.03. The molecule has 0 spiro atoms. The number of aromatic nitrogens is 1. The van der Waals surface area contributed by atoms with E-state index in [1.54, 1.807) is 0 Å². The lowest BCUT2D eigenvalue weighted by Gasteiger charge is -2.09. The van der Waals surface area contributed by atoms with Crippen molar-refractivity contribution in [2.75, 3.05) is 6.61 Å². The fourth-order valence-electron chi connectivity index (χ4n) is 5.28. The molecule has 0 radical (unpaired) electrons. The number of fused-ring (bicyclic) bond motifs is 3. The molecule has 1 aliphatic carbocycles. The average Bonchev–Trinajstić information content (AvgIpc) is 3.10. The number of carbonyl (C=O) groups is 1. The summed E-state index contributed by atoms with van der Waals surface area (Å²) in [4.78, 5) is 13.3. The van der Waals surface area contributed by atoms with Crippen LogP contribution in [0.5, 0.6) is 0 Å². The molecule has 4 aromatic rings.